The third-order valence-electron chi connectivity index (χ3n) is 5.75. The van der Waals surface area contributed by atoms with E-state index in [1.54, 1.807) is 38.5 Å². The van der Waals surface area contributed by atoms with E-state index < -0.39 is 12.0 Å². The first-order chi connectivity index (χ1) is 19.6. The van der Waals surface area contributed by atoms with E-state index in [-0.39, 0.29) is 30.4 Å². The normalized spacial score (nSPS) is 11.5. The number of carboxylic acid groups (broad SMARTS) is 1. The molecule has 10 heteroatoms. The lowest BCUT2D eigenvalue weighted by Crippen LogP contribution is -2.37. The van der Waals surface area contributed by atoms with Crippen LogP contribution in [0.2, 0.25) is 5.02 Å². The smallest absolute Gasteiger partial charge is 0.300 e. The minimum absolute atomic E-state index is 0.0349. The van der Waals surface area contributed by atoms with Gasteiger partial charge in [0, 0.05) is 31.3 Å². The Morgan fingerprint density at radius 2 is 1.54 bits per heavy atom. The number of carboxylic acids is 1. The van der Waals surface area contributed by atoms with Gasteiger partial charge < -0.3 is 25.6 Å². The van der Waals surface area contributed by atoms with Crippen LogP contribution in [0.1, 0.15) is 30.0 Å². The third-order valence-corrected chi connectivity index (χ3v) is 6.00. The first kappa shape index (κ1) is 32.8. The molecule has 0 aliphatic carbocycles. The predicted octanol–water partition coefficient (Wildman–Crippen LogP) is 4.28. The maximum Gasteiger partial charge on any atom is 0.300 e. The van der Waals surface area contributed by atoms with Gasteiger partial charge in [-0.15, -0.1) is 0 Å². The Morgan fingerprint density at radius 3 is 2.15 bits per heavy atom. The Kier molecular flexibility index (Phi) is 13.9. The van der Waals surface area contributed by atoms with Gasteiger partial charge in [-0.3, -0.25) is 19.4 Å². The maximum atomic E-state index is 13.1. The largest absolute Gasteiger partial charge is 0.493 e. The minimum atomic E-state index is -0.833. The summed E-state index contributed by atoms with van der Waals surface area (Å²) >= 11 is 5.91. The molecule has 0 radical (unpaired) electrons. The van der Waals surface area contributed by atoms with Crippen LogP contribution in [0.5, 0.6) is 11.5 Å². The number of aliphatic carboxylic acids is 1. The number of amides is 1. The lowest BCUT2D eigenvalue weighted by molar-refractivity contribution is -0.134. The van der Waals surface area contributed by atoms with Gasteiger partial charge in [-0.25, -0.2) is 0 Å². The first-order valence-corrected chi connectivity index (χ1v) is 13.3. The van der Waals surface area contributed by atoms with Crippen LogP contribution in [-0.4, -0.2) is 55.4 Å². The van der Waals surface area contributed by atoms with Crippen LogP contribution in [0.25, 0.3) is 0 Å². The quantitative estimate of drug-likeness (QED) is 0.202. The van der Waals surface area contributed by atoms with E-state index >= 15 is 0 Å². The lowest BCUT2D eigenvalue weighted by Gasteiger charge is -2.15. The van der Waals surface area contributed by atoms with E-state index in [1.165, 1.54) is 0 Å². The predicted molar refractivity (Wildman–Crippen MR) is 160 cm³/mol. The molecule has 0 saturated heterocycles. The summed E-state index contributed by atoms with van der Waals surface area (Å²) in [5, 5.41) is 11.0. The van der Waals surface area contributed by atoms with Crippen molar-refractivity contribution in [1.82, 2.24) is 5.32 Å². The van der Waals surface area contributed by atoms with Crippen molar-refractivity contribution in [3.05, 3.63) is 94.5 Å². The van der Waals surface area contributed by atoms with Crippen molar-refractivity contribution in [2.45, 2.75) is 38.6 Å². The fourth-order valence-corrected chi connectivity index (χ4v) is 3.98. The second-order valence-electron chi connectivity index (χ2n) is 9.09. The van der Waals surface area contributed by atoms with Gasteiger partial charge in [0.05, 0.1) is 20.6 Å². The molecule has 0 aliphatic rings. The van der Waals surface area contributed by atoms with Crippen molar-refractivity contribution in [2.24, 2.45) is 10.7 Å². The second-order valence-corrected chi connectivity index (χ2v) is 9.53. The number of halogens is 1. The summed E-state index contributed by atoms with van der Waals surface area (Å²) in [6.45, 7) is 1.49. The molecule has 0 aromatic heterocycles. The molecule has 1 atom stereocenters. The van der Waals surface area contributed by atoms with Gasteiger partial charge in [0.1, 0.15) is 17.7 Å². The van der Waals surface area contributed by atoms with Gasteiger partial charge in [0.15, 0.2) is 11.5 Å². The summed E-state index contributed by atoms with van der Waals surface area (Å²) in [6.07, 6.45) is 1.15. The topological polar surface area (TPSA) is 140 Å². The summed E-state index contributed by atoms with van der Waals surface area (Å²) in [5.74, 6) is 0.241. The van der Waals surface area contributed by atoms with Gasteiger partial charge in [-0.1, -0.05) is 60.1 Å². The molecule has 3 aromatic carbocycles. The van der Waals surface area contributed by atoms with Crippen LogP contribution in [0.3, 0.4) is 0 Å². The highest BCUT2D eigenvalue weighted by Gasteiger charge is 2.19. The fraction of sp³-hybridized carbons (Fsp3) is 0.290. The molecule has 9 nitrogen and oxygen atoms in total. The van der Waals surface area contributed by atoms with Gasteiger partial charge in [-0.05, 0) is 47.4 Å². The monoisotopic (exact) mass is 581 g/mol. The summed E-state index contributed by atoms with van der Waals surface area (Å²) in [4.78, 5) is 39.1. The first-order valence-electron chi connectivity index (χ1n) is 12.9. The van der Waals surface area contributed by atoms with Crippen molar-refractivity contribution < 1.29 is 29.0 Å². The summed E-state index contributed by atoms with van der Waals surface area (Å²) < 4.78 is 10.6. The number of nitrogens with one attached hydrogen (secondary N) is 1. The molecule has 0 fully saturated rings. The maximum absolute atomic E-state index is 13.1. The van der Waals surface area contributed by atoms with Gasteiger partial charge in [-0.2, -0.15) is 0 Å². The summed E-state index contributed by atoms with van der Waals surface area (Å²) in [7, 11) is 3.17. The van der Waals surface area contributed by atoms with Crippen molar-refractivity contribution >= 4 is 35.1 Å². The molecule has 4 N–H and O–H groups in total. The molecular weight excluding hydrogens is 546 g/mol. The van der Waals surface area contributed by atoms with Gasteiger partial charge in [0.25, 0.3) is 5.97 Å². The zero-order chi connectivity index (χ0) is 30.2. The number of benzene rings is 3. The number of amidine groups is 1. The van der Waals surface area contributed by atoms with Gasteiger partial charge >= 0.3 is 0 Å². The van der Waals surface area contributed by atoms with Gasteiger partial charge in [0.2, 0.25) is 5.91 Å². The van der Waals surface area contributed by atoms with E-state index in [0.29, 0.717) is 35.9 Å². The van der Waals surface area contributed by atoms with E-state index in [0.717, 1.165) is 23.6 Å². The highest BCUT2D eigenvalue weighted by Crippen LogP contribution is 2.27. The molecule has 0 spiro atoms. The Hall–Kier alpha value is -4.37. The molecule has 0 heterocycles. The third kappa shape index (κ3) is 12.6. The fourth-order valence-electron chi connectivity index (χ4n) is 3.86. The Labute approximate surface area is 245 Å². The second kappa shape index (κ2) is 17.3. The average molecular weight is 582 g/mol. The number of ketones is 1. The Morgan fingerprint density at radius 1 is 0.927 bits per heavy atom. The molecule has 0 unspecified atom stereocenters. The van der Waals surface area contributed by atoms with Crippen molar-refractivity contribution in [2.75, 3.05) is 20.8 Å². The zero-order valence-electron chi connectivity index (χ0n) is 23.4. The molecule has 0 aliphatic heterocycles. The number of aliphatic imine (C=N–C) groups is 1. The number of ether oxygens (including phenoxy) is 2. The Balaban J connectivity index is 0.00000138. The number of carbonyl (C=O) groups excluding carboxylic acids is 2. The molecule has 218 valence electrons. The van der Waals surface area contributed by atoms with Crippen molar-refractivity contribution in [1.29, 1.82) is 0 Å². The molecule has 0 saturated carbocycles. The van der Waals surface area contributed by atoms with E-state index in [1.807, 2.05) is 48.5 Å². The lowest BCUT2D eigenvalue weighted by atomic mass is 10.0. The number of Topliss-reactive ketones (excluding diaryl/α,β-unsaturated/α-hetero) is 1. The number of nitrogens with two attached hydrogens (primary N) is 1. The number of nitrogens with zero attached hydrogens (tertiary/aromatic N) is 1. The van der Waals surface area contributed by atoms with E-state index in [2.05, 4.69) is 10.3 Å². The summed E-state index contributed by atoms with van der Waals surface area (Å²) in [5.41, 5.74) is 8.91. The standard InChI is InChI=1S/C29H32ClN3O4.C2H4O2/c1-36-26-13-10-22(18-27(26)37-2)14-15-32-29(35)25(17-20-6-4-3-5-7-20)33-28(31)19-24(34)16-21-8-11-23(30)12-9-21;1-2(3)4/h3-13,18,25H,14-17,19H2,1-2H3,(H2,31,33)(H,32,35);1H3,(H,3,4)/t25-;/m1./s1. The van der Waals surface area contributed by atoms with Crippen molar-refractivity contribution in [3.63, 3.8) is 0 Å². The Bertz CT molecular complexity index is 1310. The molecule has 0 bridgehead atoms. The molecule has 3 aromatic rings. The van der Waals surface area contributed by atoms with E-state index in [9.17, 15) is 9.59 Å². The average Bonchev–Trinajstić information content (AvgIpc) is 2.94. The SMILES string of the molecule is CC(=O)O.COc1ccc(CCNC(=O)[C@@H](Cc2ccccc2)N=C(N)CC(=O)Cc2ccc(Cl)cc2)cc1OC. The summed E-state index contributed by atoms with van der Waals surface area (Å²) in [6, 6.07) is 21.6. The van der Waals surface area contributed by atoms with Crippen LogP contribution in [0, 0.1) is 0 Å². The van der Waals surface area contributed by atoms with Crippen LogP contribution >= 0.6 is 11.6 Å². The number of carbonyl (C=O) groups is 3. The highest BCUT2D eigenvalue weighted by atomic mass is 35.5. The van der Waals surface area contributed by atoms with Crippen molar-refractivity contribution in [3.8, 4) is 11.5 Å². The zero-order valence-corrected chi connectivity index (χ0v) is 24.2. The number of hydrogen-bond acceptors (Lipinski definition) is 6. The van der Waals surface area contributed by atoms with Crippen LogP contribution in [0.15, 0.2) is 77.8 Å². The number of rotatable bonds is 13. The molecule has 1 amide bonds. The van der Waals surface area contributed by atoms with E-state index in [4.69, 9.17) is 36.7 Å². The molecule has 3 rings (SSSR count). The van der Waals surface area contributed by atoms with Crippen LogP contribution in [0.4, 0.5) is 0 Å². The number of methoxy groups -OCH3 is 2. The molecule has 41 heavy (non-hydrogen) atoms. The minimum Gasteiger partial charge on any atom is -0.493 e. The molecular formula is C31H36ClN3O6. The van der Waals surface area contributed by atoms with Crippen LogP contribution in [-0.2, 0) is 33.6 Å². The highest BCUT2D eigenvalue weighted by molar-refractivity contribution is 6.30. The number of hydrogen-bond donors (Lipinski definition) is 3. The van der Waals surface area contributed by atoms with Crippen LogP contribution < -0.4 is 20.5 Å².